The van der Waals surface area contributed by atoms with Gasteiger partial charge in [0, 0.05) is 18.4 Å². The minimum absolute atomic E-state index is 0.554. The number of aryl methyl sites for hydroxylation is 2. The SMILES string of the molecule is Cc1nc2ccccn2c1-c1cc(CN)c(C)[nH]1. The zero-order valence-corrected chi connectivity index (χ0v) is 10.6. The summed E-state index contributed by atoms with van der Waals surface area (Å²) in [6.07, 6.45) is 2.03. The van der Waals surface area contributed by atoms with E-state index < -0.39 is 0 Å². The summed E-state index contributed by atoms with van der Waals surface area (Å²) in [5.74, 6) is 0. The lowest BCUT2D eigenvalue weighted by Crippen LogP contribution is -1.95. The number of nitrogens with two attached hydrogens (primary N) is 1. The Balaban J connectivity index is 2.27. The molecule has 0 aliphatic carbocycles. The molecular formula is C14H16N4. The fraction of sp³-hybridized carbons (Fsp3) is 0.214. The number of nitrogens with zero attached hydrogens (tertiary/aromatic N) is 2. The van der Waals surface area contributed by atoms with Crippen molar-refractivity contribution in [1.29, 1.82) is 0 Å². The highest BCUT2D eigenvalue weighted by atomic mass is 15.0. The standard InChI is InChI=1S/C14H16N4/c1-9-11(8-15)7-12(16-9)14-10(2)17-13-5-3-4-6-18(13)14/h3-7,16H,8,15H2,1-2H3. The molecule has 0 aliphatic heterocycles. The fourth-order valence-electron chi connectivity index (χ4n) is 2.38. The van der Waals surface area contributed by atoms with Gasteiger partial charge >= 0.3 is 0 Å². The van der Waals surface area contributed by atoms with E-state index in [9.17, 15) is 0 Å². The Hall–Kier alpha value is -2.07. The van der Waals surface area contributed by atoms with Gasteiger partial charge in [0.2, 0.25) is 0 Å². The van der Waals surface area contributed by atoms with Crippen molar-refractivity contribution in [2.75, 3.05) is 0 Å². The van der Waals surface area contributed by atoms with Gasteiger partial charge in [-0.1, -0.05) is 6.07 Å². The summed E-state index contributed by atoms with van der Waals surface area (Å²) in [6, 6.07) is 8.13. The van der Waals surface area contributed by atoms with E-state index in [0.29, 0.717) is 6.54 Å². The minimum atomic E-state index is 0.554. The molecule has 0 aliphatic rings. The van der Waals surface area contributed by atoms with Crippen LogP contribution in [0.5, 0.6) is 0 Å². The van der Waals surface area contributed by atoms with E-state index in [4.69, 9.17) is 5.73 Å². The van der Waals surface area contributed by atoms with Gasteiger partial charge in [-0.15, -0.1) is 0 Å². The molecule has 0 aromatic carbocycles. The first kappa shape index (κ1) is 11.0. The van der Waals surface area contributed by atoms with Gasteiger partial charge in [-0.25, -0.2) is 4.98 Å². The molecule has 3 rings (SSSR count). The Morgan fingerprint density at radius 3 is 2.89 bits per heavy atom. The van der Waals surface area contributed by atoms with Crippen LogP contribution in [-0.2, 0) is 6.54 Å². The van der Waals surface area contributed by atoms with Gasteiger partial charge < -0.3 is 10.7 Å². The second kappa shape index (κ2) is 3.99. The highest BCUT2D eigenvalue weighted by Gasteiger charge is 2.13. The number of fused-ring (bicyclic) bond motifs is 1. The van der Waals surface area contributed by atoms with Crippen LogP contribution in [0.1, 0.15) is 17.0 Å². The predicted molar refractivity (Wildman–Crippen MR) is 72.3 cm³/mol. The fourth-order valence-corrected chi connectivity index (χ4v) is 2.38. The lowest BCUT2D eigenvalue weighted by Gasteiger charge is -2.00. The van der Waals surface area contributed by atoms with Gasteiger partial charge in [-0.3, -0.25) is 4.40 Å². The van der Waals surface area contributed by atoms with E-state index in [1.165, 1.54) is 0 Å². The third kappa shape index (κ3) is 1.54. The molecule has 3 N–H and O–H groups in total. The van der Waals surface area contributed by atoms with Gasteiger partial charge in [0.05, 0.1) is 17.1 Å². The lowest BCUT2D eigenvalue weighted by atomic mass is 10.2. The number of H-pyrrole nitrogens is 1. The zero-order valence-electron chi connectivity index (χ0n) is 10.6. The molecule has 0 unspecified atom stereocenters. The van der Waals surface area contributed by atoms with Crippen LogP contribution in [-0.4, -0.2) is 14.4 Å². The summed E-state index contributed by atoms with van der Waals surface area (Å²) < 4.78 is 2.10. The van der Waals surface area contributed by atoms with E-state index >= 15 is 0 Å². The molecule has 0 amide bonds. The van der Waals surface area contributed by atoms with E-state index in [0.717, 1.165) is 34.0 Å². The molecule has 3 heterocycles. The second-order valence-electron chi connectivity index (χ2n) is 4.51. The van der Waals surface area contributed by atoms with E-state index in [1.54, 1.807) is 0 Å². The third-order valence-corrected chi connectivity index (χ3v) is 3.30. The highest BCUT2D eigenvalue weighted by Crippen LogP contribution is 2.25. The lowest BCUT2D eigenvalue weighted by molar-refractivity contribution is 1.04. The molecule has 0 saturated heterocycles. The van der Waals surface area contributed by atoms with Crippen molar-refractivity contribution in [3.05, 3.63) is 47.4 Å². The molecule has 0 saturated carbocycles. The number of rotatable bonds is 2. The average Bonchev–Trinajstić information content (AvgIpc) is 2.88. The van der Waals surface area contributed by atoms with Crippen LogP contribution in [0.4, 0.5) is 0 Å². The number of aromatic nitrogens is 3. The maximum atomic E-state index is 5.73. The monoisotopic (exact) mass is 240 g/mol. The molecule has 3 aromatic heterocycles. The average molecular weight is 240 g/mol. The Morgan fingerprint density at radius 1 is 1.33 bits per heavy atom. The van der Waals surface area contributed by atoms with Gasteiger partial charge in [-0.05, 0) is 37.6 Å². The van der Waals surface area contributed by atoms with Crippen molar-refractivity contribution >= 4 is 5.65 Å². The minimum Gasteiger partial charge on any atom is -0.357 e. The van der Waals surface area contributed by atoms with Gasteiger partial charge in [0.15, 0.2) is 0 Å². The molecule has 0 radical (unpaired) electrons. The van der Waals surface area contributed by atoms with Crippen molar-refractivity contribution in [3.63, 3.8) is 0 Å². The normalized spacial score (nSPS) is 11.3. The molecule has 3 aromatic rings. The Kier molecular flexibility index (Phi) is 2.45. The first-order chi connectivity index (χ1) is 8.70. The maximum Gasteiger partial charge on any atom is 0.137 e. The van der Waals surface area contributed by atoms with E-state index in [-0.39, 0.29) is 0 Å². The van der Waals surface area contributed by atoms with Gasteiger partial charge in [0.1, 0.15) is 5.65 Å². The number of hydrogen-bond acceptors (Lipinski definition) is 2. The van der Waals surface area contributed by atoms with Crippen LogP contribution in [0.25, 0.3) is 17.0 Å². The Bertz CT molecular complexity index is 706. The predicted octanol–water partition coefficient (Wildman–Crippen LogP) is 2.40. The summed E-state index contributed by atoms with van der Waals surface area (Å²) in [7, 11) is 0. The summed E-state index contributed by atoms with van der Waals surface area (Å²) in [4.78, 5) is 7.96. The molecular weight excluding hydrogens is 224 g/mol. The molecule has 18 heavy (non-hydrogen) atoms. The number of imidazole rings is 1. The van der Waals surface area contributed by atoms with Crippen LogP contribution >= 0.6 is 0 Å². The number of nitrogens with one attached hydrogen (secondary N) is 1. The van der Waals surface area contributed by atoms with Crippen LogP contribution in [0.3, 0.4) is 0 Å². The summed E-state index contributed by atoms with van der Waals surface area (Å²) >= 11 is 0. The van der Waals surface area contributed by atoms with Crippen LogP contribution in [0.15, 0.2) is 30.5 Å². The highest BCUT2D eigenvalue weighted by molar-refractivity contribution is 5.65. The van der Waals surface area contributed by atoms with E-state index in [1.807, 2.05) is 38.2 Å². The summed E-state index contributed by atoms with van der Waals surface area (Å²) in [6.45, 7) is 4.63. The van der Waals surface area contributed by atoms with Crippen LogP contribution in [0.2, 0.25) is 0 Å². The largest absolute Gasteiger partial charge is 0.357 e. The third-order valence-electron chi connectivity index (χ3n) is 3.30. The topological polar surface area (TPSA) is 59.1 Å². The smallest absolute Gasteiger partial charge is 0.137 e. The Morgan fingerprint density at radius 2 is 2.17 bits per heavy atom. The molecule has 0 fully saturated rings. The number of hydrogen-bond donors (Lipinski definition) is 2. The van der Waals surface area contributed by atoms with Gasteiger partial charge in [-0.2, -0.15) is 0 Å². The summed E-state index contributed by atoms with van der Waals surface area (Å²) in [5.41, 5.74) is 12.2. The van der Waals surface area contributed by atoms with Crippen LogP contribution in [0, 0.1) is 13.8 Å². The summed E-state index contributed by atoms with van der Waals surface area (Å²) in [5, 5.41) is 0. The maximum absolute atomic E-state index is 5.73. The first-order valence-electron chi connectivity index (χ1n) is 6.03. The quantitative estimate of drug-likeness (QED) is 0.722. The molecule has 0 bridgehead atoms. The molecule has 4 heteroatoms. The van der Waals surface area contributed by atoms with E-state index in [2.05, 4.69) is 20.4 Å². The molecule has 0 spiro atoms. The zero-order chi connectivity index (χ0) is 12.7. The second-order valence-corrected chi connectivity index (χ2v) is 4.51. The first-order valence-corrected chi connectivity index (χ1v) is 6.03. The van der Waals surface area contributed by atoms with Crippen molar-refractivity contribution in [2.45, 2.75) is 20.4 Å². The number of aromatic amines is 1. The van der Waals surface area contributed by atoms with Crippen LogP contribution < -0.4 is 5.73 Å². The van der Waals surface area contributed by atoms with Crippen molar-refractivity contribution in [3.8, 4) is 11.4 Å². The molecule has 0 atom stereocenters. The Labute approximate surface area is 105 Å². The van der Waals surface area contributed by atoms with Crippen molar-refractivity contribution in [2.24, 2.45) is 5.73 Å². The van der Waals surface area contributed by atoms with Gasteiger partial charge in [0.25, 0.3) is 0 Å². The van der Waals surface area contributed by atoms with Crippen molar-refractivity contribution < 1.29 is 0 Å². The number of pyridine rings is 1. The molecule has 92 valence electrons. The molecule has 4 nitrogen and oxygen atoms in total. The van der Waals surface area contributed by atoms with Crippen molar-refractivity contribution in [1.82, 2.24) is 14.4 Å².